The van der Waals surface area contributed by atoms with Gasteiger partial charge in [0.25, 0.3) is 0 Å². The largest absolute Gasteiger partial charge is 0.481 e. The van der Waals surface area contributed by atoms with Gasteiger partial charge in [0.1, 0.15) is 0 Å². The molecular weight excluding hydrogens is 226 g/mol. The second-order valence-corrected chi connectivity index (χ2v) is 6.10. The van der Waals surface area contributed by atoms with Crippen LogP contribution in [0.5, 0.6) is 0 Å². The maximum atomic E-state index is 11.2. The van der Waals surface area contributed by atoms with E-state index in [4.69, 9.17) is 0 Å². The maximum Gasteiger partial charge on any atom is 0.309 e. The number of piperidine rings is 1. The monoisotopic (exact) mass is 255 g/mol. The van der Waals surface area contributed by atoms with Crippen LogP contribution < -0.4 is 0 Å². The highest BCUT2D eigenvalue weighted by Gasteiger charge is 2.37. The van der Waals surface area contributed by atoms with Crippen LogP contribution in [0, 0.1) is 5.41 Å². The summed E-state index contributed by atoms with van der Waals surface area (Å²) in [5.74, 6) is -0.627. The summed E-state index contributed by atoms with van der Waals surface area (Å²) in [5, 5.41) is 9.20. The van der Waals surface area contributed by atoms with Gasteiger partial charge in [-0.1, -0.05) is 32.6 Å². The van der Waals surface area contributed by atoms with Crippen LogP contribution in [0.3, 0.4) is 0 Å². The smallest absolute Gasteiger partial charge is 0.309 e. The molecule has 0 aromatic rings. The van der Waals surface area contributed by atoms with E-state index in [1.165, 1.54) is 32.1 Å². The molecule has 1 saturated heterocycles. The average molecular weight is 255 g/mol. The zero-order valence-corrected chi connectivity index (χ0v) is 12.2. The van der Waals surface area contributed by atoms with Gasteiger partial charge in [-0.2, -0.15) is 0 Å². The van der Waals surface area contributed by atoms with Crippen molar-refractivity contribution in [1.29, 1.82) is 0 Å². The fourth-order valence-corrected chi connectivity index (χ4v) is 2.72. The summed E-state index contributed by atoms with van der Waals surface area (Å²) in [4.78, 5) is 13.6. The minimum absolute atomic E-state index is 0.488. The SMILES string of the molecule is CCCCCCC(C)N1CCC(C)(C(=O)O)CC1. The summed E-state index contributed by atoms with van der Waals surface area (Å²) in [6, 6.07) is 0.611. The van der Waals surface area contributed by atoms with Crippen molar-refractivity contribution < 1.29 is 9.90 Å². The zero-order valence-electron chi connectivity index (χ0n) is 12.2. The molecule has 0 aromatic heterocycles. The Morgan fingerprint density at radius 1 is 1.28 bits per heavy atom. The number of nitrogens with zero attached hydrogens (tertiary/aromatic N) is 1. The first-order valence-electron chi connectivity index (χ1n) is 7.47. The molecule has 1 atom stereocenters. The van der Waals surface area contributed by atoms with Crippen LogP contribution in [0.1, 0.15) is 65.7 Å². The Labute approximate surface area is 112 Å². The van der Waals surface area contributed by atoms with Gasteiger partial charge in [0.05, 0.1) is 5.41 Å². The lowest BCUT2D eigenvalue weighted by molar-refractivity contribution is -0.151. The molecule has 0 amide bonds. The van der Waals surface area contributed by atoms with E-state index in [0.29, 0.717) is 6.04 Å². The Hall–Kier alpha value is -0.570. The van der Waals surface area contributed by atoms with Crippen molar-refractivity contribution in [3.63, 3.8) is 0 Å². The summed E-state index contributed by atoms with van der Waals surface area (Å²) in [5.41, 5.74) is -0.488. The highest BCUT2D eigenvalue weighted by Crippen LogP contribution is 2.32. The highest BCUT2D eigenvalue weighted by molar-refractivity contribution is 5.74. The Kier molecular flexibility index (Phi) is 6.13. The Balaban J connectivity index is 2.27. The number of carbonyl (C=O) groups is 1. The third-order valence-electron chi connectivity index (χ3n) is 4.52. The Morgan fingerprint density at radius 2 is 1.89 bits per heavy atom. The van der Waals surface area contributed by atoms with Gasteiger partial charge < -0.3 is 10.0 Å². The zero-order chi connectivity index (χ0) is 13.6. The molecule has 18 heavy (non-hydrogen) atoms. The van der Waals surface area contributed by atoms with Gasteiger partial charge in [-0.05, 0) is 46.2 Å². The minimum Gasteiger partial charge on any atom is -0.481 e. The molecule has 0 spiro atoms. The molecule has 1 fully saturated rings. The highest BCUT2D eigenvalue weighted by atomic mass is 16.4. The second kappa shape index (κ2) is 7.13. The summed E-state index contributed by atoms with van der Waals surface area (Å²) in [7, 11) is 0. The molecule has 0 aliphatic carbocycles. The van der Waals surface area contributed by atoms with E-state index in [1.54, 1.807) is 0 Å². The molecule has 1 heterocycles. The van der Waals surface area contributed by atoms with Crippen molar-refractivity contribution >= 4 is 5.97 Å². The van der Waals surface area contributed by atoms with Crippen molar-refractivity contribution in [1.82, 2.24) is 4.90 Å². The van der Waals surface area contributed by atoms with Crippen molar-refractivity contribution in [2.75, 3.05) is 13.1 Å². The molecule has 1 rings (SSSR count). The Morgan fingerprint density at radius 3 is 2.39 bits per heavy atom. The van der Waals surface area contributed by atoms with Crippen molar-refractivity contribution in [3.8, 4) is 0 Å². The molecular formula is C15H29NO2. The van der Waals surface area contributed by atoms with Gasteiger partial charge in [-0.25, -0.2) is 0 Å². The van der Waals surface area contributed by atoms with E-state index < -0.39 is 11.4 Å². The third-order valence-corrected chi connectivity index (χ3v) is 4.52. The topological polar surface area (TPSA) is 40.5 Å². The normalized spacial score (nSPS) is 21.7. The predicted octanol–water partition coefficient (Wildman–Crippen LogP) is 3.53. The van der Waals surface area contributed by atoms with Crippen molar-refractivity contribution in [2.45, 2.75) is 71.8 Å². The van der Waals surface area contributed by atoms with E-state index in [2.05, 4.69) is 18.7 Å². The second-order valence-electron chi connectivity index (χ2n) is 6.10. The van der Waals surface area contributed by atoms with Crippen LogP contribution in [0.2, 0.25) is 0 Å². The van der Waals surface area contributed by atoms with Crippen LogP contribution in [0.15, 0.2) is 0 Å². The first kappa shape index (κ1) is 15.5. The van der Waals surface area contributed by atoms with Crippen LogP contribution in [0.25, 0.3) is 0 Å². The standard InChI is InChI=1S/C15H29NO2/c1-4-5-6-7-8-13(2)16-11-9-15(3,10-12-16)14(17)18/h13H,4-12H2,1-3H3,(H,17,18). The number of hydrogen-bond donors (Lipinski definition) is 1. The minimum atomic E-state index is -0.627. The van der Waals surface area contributed by atoms with Gasteiger partial charge in [0, 0.05) is 6.04 Å². The molecule has 0 bridgehead atoms. The van der Waals surface area contributed by atoms with Gasteiger partial charge in [-0.15, -0.1) is 0 Å². The lowest BCUT2D eigenvalue weighted by Gasteiger charge is -2.39. The molecule has 1 unspecified atom stereocenters. The van der Waals surface area contributed by atoms with Crippen LogP contribution in [-0.2, 0) is 4.79 Å². The number of rotatable bonds is 7. The predicted molar refractivity (Wildman–Crippen MR) is 74.8 cm³/mol. The van der Waals surface area contributed by atoms with Crippen LogP contribution >= 0.6 is 0 Å². The first-order chi connectivity index (χ1) is 8.49. The molecule has 0 radical (unpaired) electrons. The molecule has 3 nitrogen and oxygen atoms in total. The van der Waals surface area contributed by atoms with E-state index in [0.717, 1.165) is 25.9 Å². The van der Waals surface area contributed by atoms with E-state index in [-0.39, 0.29) is 0 Å². The summed E-state index contributed by atoms with van der Waals surface area (Å²) < 4.78 is 0. The van der Waals surface area contributed by atoms with Gasteiger partial charge >= 0.3 is 5.97 Å². The lowest BCUT2D eigenvalue weighted by Crippen LogP contribution is -2.46. The summed E-state index contributed by atoms with van der Waals surface area (Å²) in [6.45, 7) is 8.30. The summed E-state index contributed by atoms with van der Waals surface area (Å²) >= 11 is 0. The maximum absolute atomic E-state index is 11.2. The Bertz CT molecular complexity index is 257. The summed E-state index contributed by atoms with van der Waals surface area (Å²) in [6.07, 6.45) is 8.11. The molecule has 106 valence electrons. The van der Waals surface area contributed by atoms with Crippen LogP contribution in [-0.4, -0.2) is 35.1 Å². The first-order valence-corrected chi connectivity index (χ1v) is 7.47. The fraction of sp³-hybridized carbons (Fsp3) is 0.933. The molecule has 3 heteroatoms. The molecule has 0 saturated carbocycles. The van der Waals surface area contributed by atoms with Crippen molar-refractivity contribution in [3.05, 3.63) is 0 Å². The van der Waals surface area contributed by atoms with E-state index in [1.807, 2.05) is 6.92 Å². The van der Waals surface area contributed by atoms with Crippen LogP contribution in [0.4, 0.5) is 0 Å². The van der Waals surface area contributed by atoms with Gasteiger partial charge in [0.2, 0.25) is 0 Å². The van der Waals surface area contributed by atoms with Crippen molar-refractivity contribution in [2.24, 2.45) is 5.41 Å². The number of carboxylic acids is 1. The molecule has 1 aliphatic heterocycles. The lowest BCUT2D eigenvalue weighted by atomic mass is 9.80. The fourth-order valence-electron chi connectivity index (χ4n) is 2.72. The third kappa shape index (κ3) is 4.27. The number of likely N-dealkylation sites (tertiary alicyclic amines) is 1. The van der Waals surface area contributed by atoms with Gasteiger partial charge in [0.15, 0.2) is 0 Å². The number of carboxylic acid groups (broad SMARTS) is 1. The van der Waals surface area contributed by atoms with Gasteiger partial charge in [-0.3, -0.25) is 4.79 Å². The average Bonchev–Trinajstić information content (AvgIpc) is 2.35. The number of unbranched alkanes of at least 4 members (excludes halogenated alkanes) is 3. The number of aliphatic carboxylic acids is 1. The molecule has 1 N–H and O–H groups in total. The molecule has 0 aromatic carbocycles. The van der Waals surface area contributed by atoms with E-state index in [9.17, 15) is 9.90 Å². The van der Waals surface area contributed by atoms with E-state index >= 15 is 0 Å². The quantitative estimate of drug-likeness (QED) is 0.707. The number of hydrogen-bond acceptors (Lipinski definition) is 2. The molecule has 1 aliphatic rings.